The quantitative estimate of drug-likeness (QED) is 0.458. The van der Waals surface area contributed by atoms with Crippen molar-refractivity contribution in [1.82, 2.24) is 9.47 Å². The number of benzene rings is 2. The largest absolute Gasteiger partial charge is 0.345 e. The van der Waals surface area contributed by atoms with Crippen LogP contribution >= 0.6 is 0 Å². The average molecular weight is 375 g/mol. The number of amides is 1. The Morgan fingerprint density at radius 1 is 1.07 bits per heavy atom. The third-order valence-electron chi connectivity index (χ3n) is 5.00. The summed E-state index contributed by atoms with van der Waals surface area (Å²) in [6, 6.07) is 20.4. The Morgan fingerprint density at radius 3 is 2.57 bits per heavy atom. The van der Waals surface area contributed by atoms with Gasteiger partial charge >= 0.3 is 0 Å². The summed E-state index contributed by atoms with van der Waals surface area (Å²) < 4.78 is 2.14. The molecule has 0 saturated heterocycles. The number of nitrogens with zero attached hydrogens (tertiary/aromatic N) is 3. The van der Waals surface area contributed by atoms with Crippen LogP contribution in [0.1, 0.15) is 34.5 Å². The maximum Gasteiger partial charge on any atom is 0.270 e. The molecule has 28 heavy (non-hydrogen) atoms. The fourth-order valence-electron chi connectivity index (χ4n) is 3.37. The molecule has 3 aromatic rings. The Bertz CT molecular complexity index is 993. The van der Waals surface area contributed by atoms with Gasteiger partial charge in [0, 0.05) is 42.2 Å². The molecular formula is C22H21N3O3. The van der Waals surface area contributed by atoms with Crippen molar-refractivity contribution in [1.29, 1.82) is 0 Å². The number of hydrogen-bond acceptors (Lipinski definition) is 3. The third kappa shape index (κ3) is 3.96. The van der Waals surface area contributed by atoms with Gasteiger partial charge in [-0.25, -0.2) is 0 Å². The fourth-order valence-corrected chi connectivity index (χ4v) is 3.37. The molecule has 0 N–H and O–H groups in total. The van der Waals surface area contributed by atoms with E-state index >= 15 is 0 Å². The first-order valence-electron chi connectivity index (χ1n) is 9.35. The second kappa shape index (κ2) is 7.68. The van der Waals surface area contributed by atoms with Gasteiger partial charge in [0.1, 0.15) is 0 Å². The van der Waals surface area contributed by atoms with E-state index in [1.54, 1.807) is 12.1 Å². The minimum Gasteiger partial charge on any atom is -0.345 e. The van der Waals surface area contributed by atoms with E-state index in [4.69, 9.17) is 0 Å². The minimum atomic E-state index is -0.469. The van der Waals surface area contributed by atoms with Crippen molar-refractivity contribution in [2.24, 2.45) is 0 Å². The van der Waals surface area contributed by atoms with Crippen LogP contribution in [0.4, 0.5) is 5.69 Å². The molecule has 0 atom stereocenters. The lowest BCUT2D eigenvalue weighted by atomic mass is 10.1. The van der Waals surface area contributed by atoms with Gasteiger partial charge in [0.2, 0.25) is 0 Å². The third-order valence-corrected chi connectivity index (χ3v) is 5.00. The van der Waals surface area contributed by atoms with Crippen LogP contribution in [-0.2, 0) is 13.1 Å². The molecule has 142 valence electrons. The Balaban J connectivity index is 1.55. The van der Waals surface area contributed by atoms with E-state index in [9.17, 15) is 14.9 Å². The molecule has 1 aliphatic rings. The molecule has 1 aliphatic carbocycles. The van der Waals surface area contributed by atoms with Crippen LogP contribution < -0.4 is 0 Å². The van der Waals surface area contributed by atoms with E-state index in [1.165, 1.54) is 17.7 Å². The van der Waals surface area contributed by atoms with E-state index in [-0.39, 0.29) is 17.6 Å². The fraction of sp³-hybridized carbons (Fsp3) is 0.227. The van der Waals surface area contributed by atoms with Crippen LogP contribution in [0.5, 0.6) is 0 Å². The first kappa shape index (κ1) is 18.0. The zero-order chi connectivity index (χ0) is 19.5. The van der Waals surface area contributed by atoms with Gasteiger partial charge in [0.25, 0.3) is 11.6 Å². The molecule has 1 heterocycles. The van der Waals surface area contributed by atoms with Crippen LogP contribution in [0, 0.1) is 10.1 Å². The van der Waals surface area contributed by atoms with Crippen molar-refractivity contribution in [3.63, 3.8) is 0 Å². The lowest BCUT2D eigenvalue weighted by Gasteiger charge is -2.23. The zero-order valence-electron chi connectivity index (χ0n) is 15.4. The summed E-state index contributed by atoms with van der Waals surface area (Å²) in [7, 11) is 0. The molecule has 2 aromatic carbocycles. The molecule has 6 nitrogen and oxygen atoms in total. The molecule has 1 saturated carbocycles. The lowest BCUT2D eigenvalue weighted by molar-refractivity contribution is -0.384. The molecule has 0 spiro atoms. The highest BCUT2D eigenvalue weighted by Gasteiger charge is 2.34. The number of rotatable bonds is 7. The topological polar surface area (TPSA) is 68.4 Å². The molecule has 1 fully saturated rings. The van der Waals surface area contributed by atoms with E-state index in [0.29, 0.717) is 12.1 Å². The van der Waals surface area contributed by atoms with Crippen LogP contribution in [0.3, 0.4) is 0 Å². The second-order valence-electron chi connectivity index (χ2n) is 7.08. The van der Waals surface area contributed by atoms with Gasteiger partial charge in [0.05, 0.1) is 11.5 Å². The SMILES string of the molecule is O=C(c1cccc([N+](=O)[O-])c1)N(Cc1cccn1Cc1ccccc1)C1CC1. The molecule has 0 radical (unpaired) electrons. The molecule has 0 aliphatic heterocycles. The van der Waals surface area contributed by atoms with E-state index < -0.39 is 4.92 Å². The summed E-state index contributed by atoms with van der Waals surface area (Å²) in [4.78, 5) is 25.5. The van der Waals surface area contributed by atoms with Crippen molar-refractivity contribution in [2.45, 2.75) is 32.0 Å². The van der Waals surface area contributed by atoms with E-state index in [0.717, 1.165) is 25.1 Å². The van der Waals surface area contributed by atoms with Crippen molar-refractivity contribution in [3.05, 3.63) is 99.9 Å². The Labute approximate surface area is 163 Å². The van der Waals surface area contributed by atoms with Crippen molar-refractivity contribution >= 4 is 11.6 Å². The Kier molecular flexibility index (Phi) is 4.93. The number of hydrogen-bond donors (Lipinski definition) is 0. The van der Waals surface area contributed by atoms with Crippen molar-refractivity contribution in [2.75, 3.05) is 0 Å². The molecular weight excluding hydrogens is 354 g/mol. The first-order chi connectivity index (χ1) is 13.6. The van der Waals surface area contributed by atoms with Crippen LogP contribution in [0.25, 0.3) is 0 Å². The monoisotopic (exact) mass is 375 g/mol. The van der Waals surface area contributed by atoms with Crippen molar-refractivity contribution in [3.8, 4) is 0 Å². The van der Waals surface area contributed by atoms with Crippen LogP contribution in [0.15, 0.2) is 72.9 Å². The lowest BCUT2D eigenvalue weighted by Crippen LogP contribution is -2.33. The number of nitro benzene ring substituents is 1. The Morgan fingerprint density at radius 2 is 1.86 bits per heavy atom. The summed E-state index contributed by atoms with van der Waals surface area (Å²) in [5, 5.41) is 11.0. The molecule has 0 bridgehead atoms. The molecule has 4 rings (SSSR count). The first-order valence-corrected chi connectivity index (χ1v) is 9.35. The number of non-ortho nitro benzene ring substituents is 1. The molecule has 0 unspecified atom stereocenters. The van der Waals surface area contributed by atoms with Gasteiger partial charge in [-0.15, -0.1) is 0 Å². The van der Waals surface area contributed by atoms with Gasteiger partial charge in [-0.05, 0) is 36.6 Å². The standard InChI is InChI=1S/C22H21N3O3/c26-22(18-8-4-9-20(14-18)25(27)28)24(19-11-12-19)16-21-10-5-13-23(21)15-17-6-2-1-3-7-17/h1-10,13-14,19H,11-12,15-16H2. The number of carbonyl (C=O) groups excluding carboxylic acids is 1. The van der Waals surface area contributed by atoms with Crippen LogP contribution in [0.2, 0.25) is 0 Å². The molecule has 6 heteroatoms. The highest BCUT2D eigenvalue weighted by molar-refractivity contribution is 5.95. The summed E-state index contributed by atoms with van der Waals surface area (Å²) in [6.07, 6.45) is 3.96. The maximum atomic E-state index is 13.1. The smallest absolute Gasteiger partial charge is 0.270 e. The summed E-state index contributed by atoms with van der Waals surface area (Å²) in [6.45, 7) is 1.23. The number of nitro groups is 1. The van der Waals surface area contributed by atoms with Crippen LogP contribution in [-0.4, -0.2) is 26.3 Å². The van der Waals surface area contributed by atoms with Gasteiger partial charge in [-0.3, -0.25) is 14.9 Å². The summed E-state index contributed by atoms with van der Waals surface area (Å²) in [5.74, 6) is -0.154. The number of aromatic nitrogens is 1. The predicted molar refractivity (Wildman–Crippen MR) is 106 cm³/mol. The van der Waals surface area contributed by atoms with Gasteiger partial charge < -0.3 is 9.47 Å². The highest BCUT2D eigenvalue weighted by Crippen LogP contribution is 2.30. The summed E-state index contributed by atoms with van der Waals surface area (Å²) >= 11 is 0. The highest BCUT2D eigenvalue weighted by atomic mass is 16.6. The average Bonchev–Trinajstić information content (AvgIpc) is 3.47. The maximum absolute atomic E-state index is 13.1. The van der Waals surface area contributed by atoms with Gasteiger partial charge in [0.15, 0.2) is 0 Å². The predicted octanol–water partition coefficient (Wildman–Crippen LogP) is 4.25. The van der Waals surface area contributed by atoms with Gasteiger partial charge in [-0.1, -0.05) is 36.4 Å². The number of carbonyl (C=O) groups is 1. The molecule has 1 amide bonds. The second-order valence-corrected chi connectivity index (χ2v) is 7.08. The van der Waals surface area contributed by atoms with E-state index in [1.807, 2.05) is 41.4 Å². The van der Waals surface area contributed by atoms with E-state index in [2.05, 4.69) is 16.7 Å². The summed E-state index contributed by atoms with van der Waals surface area (Å²) in [5.41, 5.74) is 2.55. The Hall–Kier alpha value is -3.41. The van der Waals surface area contributed by atoms with Gasteiger partial charge in [-0.2, -0.15) is 0 Å². The zero-order valence-corrected chi connectivity index (χ0v) is 15.4. The van der Waals surface area contributed by atoms with Crippen molar-refractivity contribution < 1.29 is 9.72 Å². The normalized spacial score (nSPS) is 13.3. The molecule has 1 aromatic heterocycles. The minimum absolute atomic E-state index is 0.0611.